The molecule has 0 amide bonds. The number of aryl methyl sites for hydroxylation is 1. The number of hydrogen-bond donors (Lipinski definition) is 1. The molecule has 0 atom stereocenters. The number of pyridine rings is 1. The minimum atomic E-state index is 0.276. The summed E-state index contributed by atoms with van der Waals surface area (Å²) in [5.41, 5.74) is 7.42. The monoisotopic (exact) mass is 233 g/mol. The lowest BCUT2D eigenvalue weighted by molar-refractivity contribution is -0.596. The van der Waals surface area contributed by atoms with E-state index in [1.807, 2.05) is 6.07 Å². The number of nitrogens with zero attached hydrogens (tertiary/aromatic N) is 2. The topological polar surface area (TPSA) is 56.2 Å². The largest absolute Gasteiger partial charge is 0.710 e. The summed E-state index contributed by atoms with van der Waals surface area (Å²) in [7, 11) is 0. The molecule has 0 aromatic carbocycles. The van der Waals surface area contributed by atoms with Crippen molar-refractivity contribution in [2.45, 2.75) is 26.2 Å². The van der Waals surface area contributed by atoms with E-state index in [1.54, 1.807) is 13.0 Å². The van der Waals surface area contributed by atoms with E-state index in [1.165, 1.54) is 0 Å². The van der Waals surface area contributed by atoms with Crippen LogP contribution in [0.2, 0.25) is 0 Å². The zero-order valence-corrected chi connectivity index (χ0v) is 10.2. The lowest BCUT2D eigenvalue weighted by Crippen LogP contribution is -2.35. The predicted octanol–water partition coefficient (Wildman–Crippen LogP) is 1.76. The maximum Gasteiger partial charge on any atom is 0.277 e. The van der Waals surface area contributed by atoms with Gasteiger partial charge in [0, 0.05) is 24.8 Å². The highest BCUT2D eigenvalue weighted by Crippen LogP contribution is 2.19. The van der Waals surface area contributed by atoms with Gasteiger partial charge in [-0.1, -0.05) is 12.2 Å². The van der Waals surface area contributed by atoms with Crippen molar-refractivity contribution in [2.75, 3.05) is 23.7 Å². The molecule has 92 valence electrons. The van der Waals surface area contributed by atoms with Gasteiger partial charge in [0.2, 0.25) is 0 Å². The molecule has 0 radical (unpaired) electrons. The van der Waals surface area contributed by atoms with Gasteiger partial charge in [-0.25, -0.2) is 4.73 Å². The summed E-state index contributed by atoms with van der Waals surface area (Å²) in [6.45, 7) is 3.79. The van der Waals surface area contributed by atoms with Gasteiger partial charge in [-0.05, 0) is 26.2 Å². The fraction of sp³-hybridized carbons (Fsp3) is 0.462. The van der Waals surface area contributed by atoms with Crippen LogP contribution in [0.15, 0.2) is 24.3 Å². The maximum absolute atomic E-state index is 11.5. The van der Waals surface area contributed by atoms with Crippen LogP contribution in [0.4, 0.5) is 11.5 Å². The average Bonchev–Trinajstić information content (AvgIpc) is 2.25. The second kappa shape index (κ2) is 5.08. The molecule has 1 aliphatic heterocycles. The van der Waals surface area contributed by atoms with Gasteiger partial charge in [0.25, 0.3) is 5.82 Å². The molecule has 17 heavy (non-hydrogen) atoms. The van der Waals surface area contributed by atoms with Gasteiger partial charge >= 0.3 is 0 Å². The first-order chi connectivity index (χ1) is 8.18. The van der Waals surface area contributed by atoms with Crippen molar-refractivity contribution < 1.29 is 4.73 Å². The molecule has 1 aromatic heterocycles. The van der Waals surface area contributed by atoms with Crippen molar-refractivity contribution in [3.63, 3.8) is 0 Å². The van der Waals surface area contributed by atoms with Crippen LogP contribution >= 0.6 is 0 Å². The Morgan fingerprint density at radius 2 is 2.00 bits per heavy atom. The summed E-state index contributed by atoms with van der Waals surface area (Å²) in [6, 6.07) is 3.68. The molecule has 2 heterocycles. The smallest absolute Gasteiger partial charge is 0.277 e. The van der Waals surface area contributed by atoms with Crippen molar-refractivity contribution >= 4 is 11.5 Å². The number of allylic oxidation sites excluding steroid dienone is 1. The second-order valence-electron chi connectivity index (χ2n) is 4.46. The van der Waals surface area contributed by atoms with E-state index in [0.29, 0.717) is 5.69 Å². The van der Waals surface area contributed by atoms with Crippen molar-refractivity contribution in [3.8, 4) is 0 Å². The van der Waals surface area contributed by atoms with Gasteiger partial charge in [0.1, 0.15) is 5.69 Å². The summed E-state index contributed by atoms with van der Waals surface area (Å²) in [6.07, 6.45) is 7.78. The Morgan fingerprint density at radius 1 is 1.24 bits per heavy atom. The number of anilines is 2. The molecule has 4 nitrogen and oxygen atoms in total. The van der Waals surface area contributed by atoms with Crippen LogP contribution in [-0.4, -0.2) is 13.1 Å². The van der Waals surface area contributed by atoms with Gasteiger partial charge in [0.05, 0.1) is 6.07 Å². The van der Waals surface area contributed by atoms with Gasteiger partial charge in [-0.15, -0.1) is 0 Å². The summed E-state index contributed by atoms with van der Waals surface area (Å²) in [5.74, 6) is 0.276. The van der Waals surface area contributed by atoms with Gasteiger partial charge in [-0.2, -0.15) is 0 Å². The zero-order chi connectivity index (χ0) is 12.3. The highest BCUT2D eigenvalue weighted by Gasteiger charge is 2.11. The van der Waals surface area contributed by atoms with Crippen LogP contribution in [-0.2, 0) is 0 Å². The number of nitrogens with two attached hydrogens (primary N) is 1. The Kier molecular flexibility index (Phi) is 3.52. The predicted molar refractivity (Wildman–Crippen MR) is 69.8 cm³/mol. The Hall–Kier alpha value is -1.71. The van der Waals surface area contributed by atoms with Crippen LogP contribution < -0.4 is 15.4 Å². The number of aromatic nitrogens is 1. The normalized spacial score (nSPS) is 16.6. The van der Waals surface area contributed by atoms with Crippen LogP contribution in [0.1, 0.15) is 25.0 Å². The summed E-state index contributed by atoms with van der Waals surface area (Å²) in [5, 5.41) is 11.5. The first kappa shape index (κ1) is 11.8. The number of nitrogen functional groups attached to an aromatic ring is 1. The number of rotatable bonds is 1. The van der Waals surface area contributed by atoms with Crippen molar-refractivity contribution in [1.82, 2.24) is 0 Å². The molecule has 2 rings (SSSR count). The third-order valence-electron chi connectivity index (χ3n) is 3.10. The Labute approximate surface area is 102 Å². The van der Waals surface area contributed by atoms with Gasteiger partial charge in [-0.3, -0.25) is 5.73 Å². The van der Waals surface area contributed by atoms with Crippen LogP contribution in [0.5, 0.6) is 0 Å². The van der Waals surface area contributed by atoms with Crippen molar-refractivity contribution in [3.05, 3.63) is 35.2 Å². The van der Waals surface area contributed by atoms with Crippen LogP contribution in [0.25, 0.3) is 0 Å². The molecule has 0 spiro atoms. The van der Waals surface area contributed by atoms with Crippen molar-refractivity contribution in [2.24, 2.45) is 0 Å². The fourth-order valence-corrected chi connectivity index (χ4v) is 2.15. The minimum Gasteiger partial charge on any atom is -0.710 e. The molecular weight excluding hydrogens is 214 g/mol. The minimum absolute atomic E-state index is 0.276. The third-order valence-corrected chi connectivity index (χ3v) is 3.10. The molecular formula is C13H19N3O. The van der Waals surface area contributed by atoms with Crippen molar-refractivity contribution in [1.29, 1.82) is 0 Å². The fourth-order valence-electron chi connectivity index (χ4n) is 2.15. The summed E-state index contributed by atoms with van der Waals surface area (Å²) < 4.78 is 0.771. The van der Waals surface area contributed by atoms with Gasteiger partial charge < -0.3 is 10.1 Å². The van der Waals surface area contributed by atoms with E-state index in [4.69, 9.17) is 5.73 Å². The SMILES string of the molecule is Cc1cc(N2CCC=CCCC2)cc(N)[n+]1[O-]. The summed E-state index contributed by atoms with van der Waals surface area (Å²) in [4.78, 5) is 2.30. The van der Waals surface area contributed by atoms with E-state index in [2.05, 4.69) is 17.1 Å². The molecule has 1 aliphatic rings. The van der Waals surface area contributed by atoms with Crippen LogP contribution in [0.3, 0.4) is 0 Å². The highest BCUT2D eigenvalue weighted by atomic mass is 16.5. The zero-order valence-electron chi connectivity index (χ0n) is 10.2. The second-order valence-corrected chi connectivity index (χ2v) is 4.46. The third kappa shape index (κ3) is 2.70. The first-order valence-corrected chi connectivity index (χ1v) is 6.08. The van der Waals surface area contributed by atoms with E-state index in [-0.39, 0.29) is 5.82 Å². The number of hydrogen-bond acceptors (Lipinski definition) is 3. The maximum atomic E-state index is 11.5. The lowest BCUT2D eigenvalue weighted by Gasteiger charge is -2.26. The molecule has 2 N–H and O–H groups in total. The van der Waals surface area contributed by atoms with E-state index in [0.717, 1.165) is 42.8 Å². The average molecular weight is 233 g/mol. The van der Waals surface area contributed by atoms with E-state index < -0.39 is 0 Å². The molecule has 0 saturated carbocycles. The molecule has 1 aromatic rings. The molecule has 4 heteroatoms. The first-order valence-electron chi connectivity index (χ1n) is 6.08. The van der Waals surface area contributed by atoms with Gasteiger partial charge in [0.15, 0.2) is 0 Å². The Balaban J connectivity index is 2.23. The standard InChI is InChI=1S/C13H19N3O/c1-11-9-12(10-13(14)16(11)17)15-7-5-3-2-4-6-8-15/h2-3,9-10H,4-8,14H2,1H3. The molecule has 0 saturated heterocycles. The lowest BCUT2D eigenvalue weighted by atomic mass is 10.2. The Bertz CT molecular complexity index is 406. The molecule has 0 unspecified atom stereocenters. The molecule has 0 aliphatic carbocycles. The van der Waals surface area contributed by atoms with E-state index in [9.17, 15) is 5.21 Å². The molecule has 0 fully saturated rings. The quantitative estimate of drug-likeness (QED) is 0.457. The Morgan fingerprint density at radius 3 is 2.76 bits per heavy atom. The summed E-state index contributed by atoms with van der Waals surface area (Å²) >= 11 is 0. The highest BCUT2D eigenvalue weighted by molar-refractivity contribution is 5.51. The molecule has 0 bridgehead atoms. The van der Waals surface area contributed by atoms with Crippen LogP contribution in [0, 0.1) is 12.1 Å². The van der Waals surface area contributed by atoms with E-state index >= 15 is 0 Å².